The summed E-state index contributed by atoms with van der Waals surface area (Å²) in [7, 11) is 1.91. The summed E-state index contributed by atoms with van der Waals surface area (Å²) in [5, 5.41) is 13.7. The highest BCUT2D eigenvalue weighted by molar-refractivity contribution is 8.00. The first-order valence-electron chi connectivity index (χ1n) is 8.09. The molecule has 1 N–H and O–H groups in total. The van der Waals surface area contributed by atoms with Gasteiger partial charge >= 0.3 is 0 Å². The molecule has 1 atom stereocenters. The lowest BCUT2D eigenvalue weighted by atomic mass is 10.1. The van der Waals surface area contributed by atoms with E-state index in [0.29, 0.717) is 10.6 Å². The Kier molecular flexibility index (Phi) is 5.27. The van der Waals surface area contributed by atoms with Crippen LogP contribution >= 0.6 is 23.1 Å². The number of thioether (sulfide) groups is 1. The van der Waals surface area contributed by atoms with E-state index in [4.69, 9.17) is 0 Å². The van der Waals surface area contributed by atoms with Crippen molar-refractivity contribution in [2.24, 2.45) is 7.05 Å². The molecule has 126 valence electrons. The van der Waals surface area contributed by atoms with Crippen molar-refractivity contribution in [3.05, 3.63) is 28.4 Å². The predicted molar refractivity (Wildman–Crippen MR) is 97.4 cm³/mol. The van der Waals surface area contributed by atoms with Gasteiger partial charge in [0.25, 0.3) is 0 Å². The van der Waals surface area contributed by atoms with Crippen LogP contribution in [-0.2, 0) is 24.7 Å². The monoisotopic (exact) mass is 360 g/mol. The van der Waals surface area contributed by atoms with Crippen LogP contribution in [0.2, 0.25) is 0 Å². The number of hydrogen-bond acceptors (Lipinski definition) is 5. The van der Waals surface area contributed by atoms with Crippen LogP contribution in [0, 0.1) is 11.3 Å². The first kappa shape index (κ1) is 17.1. The lowest BCUT2D eigenvalue weighted by Gasteiger charge is -2.11. The highest BCUT2D eigenvalue weighted by Crippen LogP contribution is 2.37. The number of carbonyl (C=O) groups excluding carboxylic acids is 1. The first-order chi connectivity index (χ1) is 11.6. The van der Waals surface area contributed by atoms with Crippen LogP contribution in [0.5, 0.6) is 0 Å². The van der Waals surface area contributed by atoms with Crippen molar-refractivity contribution in [2.75, 3.05) is 5.32 Å². The van der Waals surface area contributed by atoms with Gasteiger partial charge in [0.05, 0.1) is 10.8 Å². The molecule has 0 fully saturated rings. The van der Waals surface area contributed by atoms with Gasteiger partial charge in [-0.3, -0.25) is 4.79 Å². The zero-order chi connectivity index (χ0) is 17.1. The second-order valence-electron chi connectivity index (χ2n) is 5.95. The zero-order valence-electron chi connectivity index (χ0n) is 13.8. The Bertz CT molecular complexity index is 787. The van der Waals surface area contributed by atoms with Gasteiger partial charge < -0.3 is 9.88 Å². The number of aryl methyl sites for hydroxylation is 2. The minimum Gasteiger partial charge on any atom is -0.329 e. The molecule has 3 rings (SSSR count). The number of nitriles is 1. The number of hydrogen-bond donors (Lipinski definition) is 1. The molecule has 7 heteroatoms. The normalized spacial score (nSPS) is 15.2. The average Bonchev–Trinajstić information content (AvgIpc) is 3.02. The van der Waals surface area contributed by atoms with Crippen molar-refractivity contribution < 1.29 is 4.79 Å². The molecule has 0 aromatic carbocycles. The minimum absolute atomic E-state index is 0.0871. The molecule has 0 spiro atoms. The van der Waals surface area contributed by atoms with E-state index in [1.54, 1.807) is 17.5 Å². The summed E-state index contributed by atoms with van der Waals surface area (Å²) < 4.78 is 1.89. The van der Waals surface area contributed by atoms with Gasteiger partial charge in [0.15, 0.2) is 5.16 Å². The van der Waals surface area contributed by atoms with E-state index in [1.165, 1.54) is 23.1 Å². The SMILES string of the molecule is C[C@H](Sc1nccn1C)C(=O)Nc1sc2c(c1C#N)CCCCC2. The van der Waals surface area contributed by atoms with E-state index < -0.39 is 0 Å². The van der Waals surface area contributed by atoms with Crippen molar-refractivity contribution in [2.45, 2.75) is 49.4 Å². The Balaban J connectivity index is 1.74. The van der Waals surface area contributed by atoms with Gasteiger partial charge in [0.1, 0.15) is 11.1 Å². The van der Waals surface area contributed by atoms with Crippen LogP contribution in [0.4, 0.5) is 5.00 Å². The molecule has 24 heavy (non-hydrogen) atoms. The molecule has 2 aromatic heterocycles. The van der Waals surface area contributed by atoms with E-state index in [9.17, 15) is 10.1 Å². The van der Waals surface area contributed by atoms with Gasteiger partial charge in [-0.15, -0.1) is 11.3 Å². The van der Waals surface area contributed by atoms with Gasteiger partial charge in [-0.1, -0.05) is 18.2 Å². The van der Waals surface area contributed by atoms with Gasteiger partial charge in [0.2, 0.25) is 5.91 Å². The fourth-order valence-electron chi connectivity index (χ4n) is 2.84. The Hall–Kier alpha value is -1.78. The number of rotatable bonds is 4. The lowest BCUT2D eigenvalue weighted by molar-refractivity contribution is -0.115. The molecule has 1 aliphatic carbocycles. The van der Waals surface area contributed by atoms with Crippen LogP contribution in [0.1, 0.15) is 42.2 Å². The highest BCUT2D eigenvalue weighted by Gasteiger charge is 2.23. The molecule has 1 aliphatic rings. The van der Waals surface area contributed by atoms with E-state index in [0.717, 1.165) is 36.4 Å². The number of carbonyl (C=O) groups is 1. The molecule has 2 heterocycles. The molecule has 5 nitrogen and oxygen atoms in total. The number of imidazole rings is 1. The summed E-state index contributed by atoms with van der Waals surface area (Å²) in [6.45, 7) is 1.86. The third-order valence-electron chi connectivity index (χ3n) is 4.20. The molecular weight excluding hydrogens is 340 g/mol. The molecule has 0 saturated heterocycles. The van der Waals surface area contributed by atoms with Crippen LogP contribution in [0.15, 0.2) is 17.6 Å². The Labute approximate surface area is 150 Å². The van der Waals surface area contributed by atoms with Crippen LogP contribution in [0.25, 0.3) is 0 Å². The quantitative estimate of drug-likeness (QED) is 0.666. The standard InChI is InChI=1S/C17H20N4OS2/c1-11(23-17-19-8-9-21(17)2)15(22)20-16-13(10-18)12-6-4-3-5-7-14(12)24-16/h8-9,11H,3-7H2,1-2H3,(H,20,22)/t11-/m0/s1. The first-order valence-corrected chi connectivity index (χ1v) is 9.79. The van der Waals surface area contributed by atoms with Crippen molar-refractivity contribution >= 4 is 34.0 Å². The van der Waals surface area contributed by atoms with Crippen LogP contribution in [-0.4, -0.2) is 20.7 Å². The Morgan fingerprint density at radius 2 is 2.25 bits per heavy atom. The minimum atomic E-state index is -0.278. The van der Waals surface area contributed by atoms with Crippen molar-refractivity contribution in [1.82, 2.24) is 9.55 Å². The maximum absolute atomic E-state index is 12.5. The topological polar surface area (TPSA) is 70.7 Å². The summed E-state index contributed by atoms with van der Waals surface area (Å²) in [6.07, 6.45) is 9.04. The molecule has 0 radical (unpaired) electrons. The number of aromatic nitrogens is 2. The van der Waals surface area contributed by atoms with Crippen LogP contribution in [0.3, 0.4) is 0 Å². The fourth-order valence-corrected chi connectivity index (χ4v) is 4.91. The zero-order valence-corrected chi connectivity index (χ0v) is 15.5. The fraction of sp³-hybridized carbons (Fsp3) is 0.471. The van der Waals surface area contributed by atoms with E-state index in [1.807, 2.05) is 24.7 Å². The summed E-state index contributed by atoms with van der Waals surface area (Å²) in [4.78, 5) is 18.0. The molecule has 1 amide bonds. The summed E-state index contributed by atoms with van der Waals surface area (Å²) in [5.41, 5.74) is 1.82. The van der Waals surface area contributed by atoms with Crippen molar-refractivity contribution in [3.63, 3.8) is 0 Å². The maximum Gasteiger partial charge on any atom is 0.238 e. The Morgan fingerprint density at radius 3 is 2.96 bits per heavy atom. The van der Waals surface area contributed by atoms with Gasteiger partial charge in [0, 0.05) is 24.3 Å². The lowest BCUT2D eigenvalue weighted by Crippen LogP contribution is -2.22. The van der Waals surface area contributed by atoms with E-state index >= 15 is 0 Å². The van der Waals surface area contributed by atoms with Gasteiger partial charge in [-0.05, 0) is 38.2 Å². The third-order valence-corrected chi connectivity index (χ3v) is 6.58. The van der Waals surface area contributed by atoms with E-state index in [2.05, 4.69) is 16.4 Å². The molecule has 0 saturated carbocycles. The average molecular weight is 361 g/mol. The van der Waals surface area contributed by atoms with Gasteiger partial charge in [-0.25, -0.2) is 4.98 Å². The molecule has 2 aromatic rings. The van der Waals surface area contributed by atoms with E-state index in [-0.39, 0.29) is 11.2 Å². The van der Waals surface area contributed by atoms with Crippen molar-refractivity contribution in [1.29, 1.82) is 5.26 Å². The van der Waals surface area contributed by atoms with Crippen molar-refractivity contribution in [3.8, 4) is 6.07 Å². The second kappa shape index (κ2) is 7.41. The number of nitrogens with zero attached hydrogens (tertiary/aromatic N) is 3. The maximum atomic E-state index is 12.5. The third kappa shape index (κ3) is 3.50. The number of fused-ring (bicyclic) bond motifs is 1. The molecule has 0 unspecified atom stereocenters. The Morgan fingerprint density at radius 1 is 1.46 bits per heavy atom. The second-order valence-corrected chi connectivity index (χ2v) is 8.36. The largest absolute Gasteiger partial charge is 0.329 e. The predicted octanol–water partition coefficient (Wildman–Crippen LogP) is 3.74. The smallest absolute Gasteiger partial charge is 0.238 e. The molecular formula is C17H20N4OS2. The number of amides is 1. The van der Waals surface area contributed by atoms with Gasteiger partial charge in [-0.2, -0.15) is 5.26 Å². The highest BCUT2D eigenvalue weighted by atomic mass is 32.2. The molecule has 0 aliphatic heterocycles. The van der Waals surface area contributed by atoms with Crippen LogP contribution < -0.4 is 5.32 Å². The summed E-state index contributed by atoms with van der Waals surface area (Å²) >= 11 is 2.99. The number of anilines is 1. The number of thiophene rings is 1. The number of nitrogens with one attached hydrogen (secondary N) is 1. The summed E-state index contributed by atoms with van der Waals surface area (Å²) in [5.74, 6) is -0.0871. The summed E-state index contributed by atoms with van der Waals surface area (Å²) in [6, 6.07) is 2.30. The molecule has 0 bridgehead atoms.